The zero-order valence-electron chi connectivity index (χ0n) is 62.0. The van der Waals surface area contributed by atoms with E-state index in [0.717, 1.165) is 25.7 Å². The maximum atomic E-state index is 14.5. The van der Waals surface area contributed by atoms with Gasteiger partial charge in [0.15, 0.2) is 0 Å². The molecule has 0 spiro atoms. The molecule has 594 valence electrons. The highest BCUT2D eigenvalue weighted by molar-refractivity contribution is 6.00. The fourth-order valence-electron chi connectivity index (χ4n) is 11.1. The Morgan fingerprint density at radius 1 is 0.402 bits per heavy atom. The molecule has 0 unspecified atom stereocenters. The Hall–Kier alpha value is -10.2. The van der Waals surface area contributed by atoms with Gasteiger partial charge in [0.2, 0.25) is 76.8 Å². The van der Waals surface area contributed by atoms with Crippen LogP contribution in [-0.4, -0.2) is 226 Å². The lowest BCUT2D eigenvalue weighted by atomic mass is 9.98. The van der Waals surface area contributed by atoms with Crippen LogP contribution in [-0.2, 0) is 84.8 Å². The van der Waals surface area contributed by atoms with E-state index >= 15 is 0 Å². The van der Waals surface area contributed by atoms with E-state index in [0.29, 0.717) is 28.5 Å². The largest absolute Gasteiger partial charge is 0.481 e. The van der Waals surface area contributed by atoms with Crippen LogP contribution in [0.1, 0.15) is 137 Å². The lowest BCUT2D eigenvalue weighted by Crippen LogP contribution is -2.62. The minimum Gasteiger partial charge on any atom is -0.481 e. The standard InChI is InChI=1S/C71H111N17O19/c1-9-10-11-12-16-23-54(91)86-57(38(2)3)69(104)82-47(26-29-72)60(95)76-35-55(92)78-52(36-89)66(101)84-51(33-43-34-75-45-22-18-17-21-44(43)45)65(100)85-53(37-90)67(102)81-48(27-30-73)61(96)80-49(28-31-74)62(97)83-50(32-42-19-14-13-15-20-42)64(99)79-46(24-25-56(93)94)63(98)87-59(40(6)7)70(105)88-58(39(4)5)68(103)77-41(8)71(106)107/h13-15,17-22,34,38-41,46-53,57-59,75,89-90H,9-12,16,23-33,35-37,72-74H2,1-8H3,(H,76,95)(H,77,103)(H,78,92)(H,79,99)(H,80,96)(H,81,102)(H,82,104)(H,83,97)(H,84,101)(H,85,100)(H,86,91)(H,87,98)(H,88,105)(H,93,94)(H,106,107)/t41-,46-,47+,48-,49+,50-,51+,52+,53-,57+,58+,59-/m0/s1. The number of carboxylic acid groups (broad SMARTS) is 2. The number of aliphatic hydroxyl groups excluding tert-OH is 2. The molecule has 36 heteroatoms. The highest BCUT2D eigenvalue weighted by Crippen LogP contribution is 2.20. The van der Waals surface area contributed by atoms with Crippen molar-refractivity contribution in [3.63, 3.8) is 0 Å². The van der Waals surface area contributed by atoms with Gasteiger partial charge in [0, 0.05) is 42.8 Å². The van der Waals surface area contributed by atoms with Crippen molar-refractivity contribution in [1.82, 2.24) is 74.1 Å². The number of aliphatic hydroxyl groups is 2. The van der Waals surface area contributed by atoms with Crippen LogP contribution in [0.3, 0.4) is 0 Å². The van der Waals surface area contributed by atoms with E-state index in [2.05, 4.69) is 81.0 Å². The van der Waals surface area contributed by atoms with Crippen LogP contribution >= 0.6 is 0 Å². The van der Waals surface area contributed by atoms with Crippen LogP contribution in [0.4, 0.5) is 0 Å². The van der Waals surface area contributed by atoms with Crippen LogP contribution in [0.15, 0.2) is 60.8 Å². The van der Waals surface area contributed by atoms with Gasteiger partial charge in [-0.2, -0.15) is 0 Å². The molecule has 0 bridgehead atoms. The molecular formula is C71H111N17O19. The minimum atomic E-state index is -1.87. The maximum Gasteiger partial charge on any atom is 0.325 e. The number of carbonyl (C=O) groups is 15. The van der Waals surface area contributed by atoms with E-state index in [1.165, 1.54) is 6.92 Å². The van der Waals surface area contributed by atoms with Crippen LogP contribution < -0.4 is 86.3 Å². The summed E-state index contributed by atoms with van der Waals surface area (Å²) >= 11 is 0. The van der Waals surface area contributed by atoms with Gasteiger partial charge < -0.3 is 112 Å². The molecule has 0 aliphatic rings. The van der Waals surface area contributed by atoms with E-state index in [9.17, 15) is 92.3 Å². The molecule has 2 aromatic carbocycles. The number of rotatable bonds is 50. The van der Waals surface area contributed by atoms with Crippen molar-refractivity contribution in [1.29, 1.82) is 0 Å². The van der Waals surface area contributed by atoms with Gasteiger partial charge in [-0.25, -0.2) is 0 Å². The van der Waals surface area contributed by atoms with Crippen molar-refractivity contribution >= 4 is 99.6 Å². The number of aromatic amines is 1. The summed E-state index contributed by atoms with van der Waals surface area (Å²) in [7, 11) is 0. The number of carboxylic acids is 2. The predicted octanol–water partition coefficient (Wildman–Crippen LogP) is -3.78. The van der Waals surface area contributed by atoms with Gasteiger partial charge in [-0.05, 0) is 93.6 Å². The van der Waals surface area contributed by atoms with Crippen molar-refractivity contribution in [2.24, 2.45) is 35.0 Å². The summed E-state index contributed by atoms with van der Waals surface area (Å²) in [5.41, 5.74) is 19.2. The van der Waals surface area contributed by atoms with Gasteiger partial charge in [0.1, 0.15) is 72.5 Å². The second kappa shape index (κ2) is 47.4. The van der Waals surface area contributed by atoms with Crippen molar-refractivity contribution in [2.75, 3.05) is 39.4 Å². The highest BCUT2D eigenvalue weighted by Gasteiger charge is 2.38. The summed E-state index contributed by atoms with van der Waals surface area (Å²) < 4.78 is 0. The first-order chi connectivity index (χ1) is 50.7. The number of nitrogens with two attached hydrogens (primary N) is 3. The molecular weight excluding hydrogens is 1390 g/mol. The number of hydrogen-bond donors (Lipinski definition) is 21. The van der Waals surface area contributed by atoms with Crippen LogP contribution in [0.25, 0.3) is 10.9 Å². The van der Waals surface area contributed by atoms with E-state index in [-0.39, 0.29) is 70.0 Å². The molecule has 36 nitrogen and oxygen atoms in total. The average molecular weight is 1510 g/mol. The molecule has 0 saturated carbocycles. The number of para-hydroxylation sites is 1. The fourth-order valence-corrected chi connectivity index (χ4v) is 11.1. The van der Waals surface area contributed by atoms with E-state index < -0.39 is 200 Å². The molecule has 0 radical (unpaired) electrons. The number of nitrogens with one attached hydrogen (secondary N) is 14. The summed E-state index contributed by atoms with van der Waals surface area (Å²) in [5.74, 6) is -16.4. The van der Waals surface area contributed by atoms with Crippen LogP contribution in [0.5, 0.6) is 0 Å². The molecule has 107 heavy (non-hydrogen) atoms. The first-order valence-corrected chi connectivity index (χ1v) is 36.0. The molecule has 1 heterocycles. The van der Waals surface area contributed by atoms with Gasteiger partial charge in [0.05, 0.1) is 19.8 Å². The third-order valence-electron chi connectivity index (χ3n) is 17.3. The number of unbranched alkanes of at least 4 members (excludes halogenated alkanes) is 4. The number of H-pyrrole nitrogens is 1. The van der Waals surface area contributed by atoms with Crippen molar-refractivity contribution in [2.45, 2.75) is 211 Å². The quantitative estimate of drug-likeness (QED) is 0.0241. The monoisotopic (exact) mass is 1510 g/mol. The van der Waals surface area contributed by atoms with Gasteiger partial charge in [-0.3, -0.25) is 71.9 Å². The fraction of sp³-hybridized carbons (Fsp3) is 0.592. The normalized spacial score (nSPS) is 14.6. The molecule has 0 aliphatic carbocycles. The first-order valence-electron chi connectivity index (χ1n) is 36.0. The Labute approximate surface area is 621 Å². The van der Waals surface area contributed by atoms with Gasteiger partial charge in [0.25, 0.3) is 0 Å². The molecule has 13 amide bonds. The maximum absolute atomic E-state index is 14.5. The smallest absolute Gasteiger partial charge is 0.325 e. The molecule has 24 N–H and O–H groups in total. The number of amides is 13. The Morgan fingerprint density at radius 3 is 1.31 bits per heavy atom. The summed E-state index contributed by atoms with van der Waals surface area (Å²) in [6.45, 7) is 9.46. The Kier molecular flexibility index (Phi) is 40.3. The lowest BCUT2D eigenvalue weighted by molar-refractivity contribution is -0.142. The number of carbonyl (C=O) groups excluding carboxylic acids is 13. The molecule has 0 fully saturated rings. The average Bonchev–Trinajstić information content (AvgIpc) is 1.74. The summed E-state index contributed by atoms with van der Waals surface area (Å²) in [6.07, 6.45) is 3.80. The van der Waals surface area contributed by atoms with E-state index in [4.69, 9.17) is 17.2 Å². The predicted molar refractivity (Wildman–Crippen MR) is 392 cm³/mol. The van der Waals surface area contributed by atoms with Gasteiger partial charge in [-0.1, -0.05) is 123 Å². The van der Waals surface area contributed by atoms with Crippen LogP contribution in [0, 0.1) is 17.8 Å². The number of benzene rings is 2. The van der Waals surface area contributed by atoms with Crippen molar-refractivity contribution in [3.05, 3.63) is 71.9 Å². The Bertz CT molecular complexity index is 3470. The summed E-state index contributed by atoms with van der Waals surface area (Å²) in [5, 5.41) is 72.8. The SMILES string of the molecule is CCCCCCCC(=O)N[C@@H](C(=O)N[C@H](CCN)C(=O)NCC(=O)N[C@H](CO)C(=O)N[C@H](Cc1c[nH]c2ccccc12)C(=O)N[C@@H](CO)C(=O)N[C@@H](CCN)C(=O)N[C@H](CCN)C(=O)N[C@@H](Cc1ccccc1)C(=O)N[C@@H](CCC(=O)O)C(=O)N[C@H](C(=O)N[C@@H](C(=O)N[C@@H](C)C(=O)O)C(C)C)C(C)C)C(C)C. The minimum absolute atomic E-state index is 0.0716. The zero-order valence-corrected chi connectivity index (χ0v) is 62.0. The number of aliphatic carboxylic acids is 2. The van der Waals surface area contributed by atoms with E-state index in [1.54, 1.807) is 102 Å². The molecule has 3 rings (SSSR count). The van der Waals surface area contributed by atoms with Crippen LogP contribution in [0.2, 0.25) is 0 Å². The van der Waals surface area contributed by atoms with Crippen molar-refractivity contribution < 1.29 is 92.3 Å². The van der Waals surface area contributed by atoms with Gasteiger partial charge >= 0.3 is 11.9 Å². The molecule has 0 aliphatic heterocycles. The second-order valence-electron chi connectivity index (χ2n) is 27.0. The summed E-state index contributed by atoms with van der Waals surface area (Å²) in [4.78, 5) is 206. The molecule has 0 saturated heterocycles. The van der Waals surface area contributed by atoms with Gasteiger partial charge in [-0.15, -0.1) is 0 Å². The lowest BCUT2D eigenvalue weighted by Gasteiger charge is -2.29. The zero-order chi connectivity index (χ0) is 80.0. The summed E-state index contributed by atoms with van der Waals surface area (Å²) in [6, 6.07) is -2.94. The highest BCUT2D eigenvalue weighted by atomic mass is 16.4. The number of fused-ring (bicyclic) bond motifs is 1. The number of hydrogen-bond acceptors (Lipinski definition) is 20. The third kappa shape index (κ3) is 31.4. The number of aromatic nitrogens is 1. The first kappa shape index (κ1) is 91.0. The molecule has 1 aromatic heterocycles. The molecule has 12 atom stereocenters. The van der Waals surface area contributed by atoms with Crippen molar-refractivity contribution in [3.8, 4) is 0 Å². The van der Waals surface area contributed by atoms with E-state index in [1.807, 2.05) is 0 Å². The molecule has 3 aromatic rings. The second-order valence-corrected chi connectivity index (χ2v) is 27.0. The third-order valence-corrected chi connectivity index (χ3v) is 17.3. The topological polar surface area (TPSA) is 587 Å². The Morgan fingerprint density at radius 2 is 0.804 bits per heavy atom. The Balaban J connectivity index is 1.85.